The predicted molar refractivity (Wildman–Crippen MR) is 58.9 cm³/mol. The van der Waals surface area contributed by atoms with Crippen molar-refractivity contribution in [3.8, 4) is 0 Å². The summed E-state index contributed by atoms with van der Waals surface area (Å²) in [6.07, 6.45) is 3.59. The lowest BCUT2D eigenvalue weighted by Gasteiger charge is -2.21. The Morgan fingerprint density at radius 1 is 1.54 bits per heavy atom. The van der Waals surface area contributed by atoms with E-state index >= 15 is 0 Å². The van der Waals surface area contributed by atoms with Gasteiger partial charge in [0.25, 0.3) is 0 Å². The van der Waals surface area contributed by atoms with Crippen molar-refractivity contribution in [3.63, 3.8) is 0 Å². The Morgan fingerprint density at radius 3 is 3.00 bits per heavy atom. The molecule has 2 rings (SSSR count). The zero-order valence-corrected chi connectivity index (χ0v) is 9.56. The quantitative estimate of drug-likeness (QED) is 0.760. The van der Waals surface area contributed by atoms with Gasteiger partial charge in [-0.25, -0.2) is 0 Å². The highest BCUT2D eigenvalue weighted by molar-refractivity contribution is 7.16. The first-order valence-electron chi connectivity index (χ1n) is 4.66. The second kappa shape index (κ2) is 3.60. The highest BCUT2D eigenvalue weighted by Crippen LogP contribution is 2.36. The van der Waals surface area contributed by atoms with Crippen LogP contribution in [0.25, 0.3) is 0 Å². The van der Waals surface area contributed by atoms with Crippen molar-refractivity contribution in [2.75, 3.05) is 7.05 Å². The highest BCUT2D eigenvalue weighted by atomic mass is 35.5. The average Bonchev–Trinajstić information content (AvgIpc) is 2.42. The predicted octanol–water partition coefficient (Wildman–Crippen LogP) is 2.79. The molecular formula is C10H14ClNS. The molecule has 1 aromatic rings. The van der Waals surface area contributed by atoms with Crippen molar-refractivity contribution in [1.82, 2.24) is 5.32 Å². The number of likely N-dealkylation sites (N-methyl/N-ethyl adjacent to an activating group) is 1. The molecule has 1 aliphatic rings. The van der Waals surface area contributed by atoms with Crippen LogP contribution in [0.3, 0.4) is 0 Å². The van der Waals surface area contributed by atoms with Gasteiger partial charge >= 0.3 is 0 Å². The summed E-state index contributed by atoms with van der Waals surface area (Å²) in [7, 11) is 2.04. The summed E-state index contributed by atoms with van der Waals surface area (Å²) in [6.45, 7) is 2.14. The van der Waals surface area contributed by atoms with Gasteiger partial charge in [-0.3, -0.25) is 0 Å². The third-order valence-corrected chi connectivity index (χ3v) is 4.54. The number of fused-ring (bicyclic) bond motifs is 1. The topological polar surface area (TPSA) is 12.0 Å². The lowest BCUT2D eigenvalue weighted by molar-refractivity contribution is 0.501. The average molecular weight is 216 g/mol. The minimum atomic E-state index is 0.654. The van der Waals surface area contributed by atoms with Crippen LogP contribution in [0.2, 0.25) is 4.34 Å². The molecule has 1 atom stereocenters. The number of hydrogen-bond donors (Lipinski definition) is 1. The van der Waals surface area contributed by atoms with Gasteiger partial charge < -0.3 is 5.32 Å². The van der Waals surface area contributed by atoms with Gasteiger partial charge in [-0.15, -0.1) is 11.3 Å². The Labute approximate surface area is 88.1 Å². The maximum Gasteiger partial charge on any atom is 0.0963 e. The summed E-state index contributed by atoms with van der Waals surface area (Å²) < 4.78 is 0.988. The molecule has 1 aliphatic carbocycles. The Kier molecular flexibility index (Phi) is 2.63. The molecule has 0 spiro atoms. The molecule has 1 N–H and O–H groups in total. The summed E-state index contributed by atoms with van der Waals surface area (Å²) in [5.74, 6) is 0. The number of thiophene rings is 1. The number of nitrogens with one attached hydrogen (secondary N) is 1. The number of hydrogen-bond acceptors (Lipinski definition) is 2. The molecule has 1 unspecified atom stereocenters. The van der Waals surface area contributed by atoms with E-state index in [-0.39, 0.29) is 0 Å². The fourth-order valence-corrected chi connectivity index (χ4v) is 3.51. The van der Waals surface area contributed by atoms with Gasteiger partial charge in [0.15, 0.2) is 0 Å². The van der Waals surface area contributed by atoms with E-state index in [0.29, 0.717) is 6.04 Å². The molecule has 0 amide bonds. The van der Waals surface area contributed by atoms with Crippen LogP contribution in [-0.4, -0.2) is 13.1 Å². The second-order valence-electron chi connectivity index (χ2n) is 3.63. The first-order chi connectivity index (χ1) is 6.22. The summed E-state index contributed by atoms with van der Waals surface area (Å²) >= 11 is 7.87. The standard InChI is InChI=1S/C10H14ClNS/c1-6-8-4-3-7(12-2)5-9(8)13-10(6)11/h7,12H,3-5H2,1-2H3. The minimum Gasteiger partial charge on any atom is -0.317 e. The third-order valence-electron chi connectivity index (χ3n) is 2.88. The highest BCUT2D eigenvalue weighted by Gasteiger charge is 2.22. The molecule has 1 nitrogen and oxygen atoms in total. The van der Waals surface area contributed by atoms with Crippen molar-refractivity contribution < 1.29 is 0 Å². The molecule has 72 valence electrons. The van der Waals surface area contributed by atoms with Crippen molar-refractivity contribution >= 4 is 22.9 Å². The van der Waals surface area contributed by atoms with Gasteiger partial charge in [-0.05, 0) is 44.4 Å². The van der Waals surface area contributed by atoms with E-state index in [4.69, 9.17) is 11.6 Å². The summed E-state index contributed by atoms with van der Waals surface area (Å²) in [6, 6.07) is 0.654. The van der Waals surface area contributed by atoms with Crippen LogP contribution in [0.5, 0.6) is 0 Å². The van der Waals surface area contributed by atoms with Crippen LogP contribution >= 0.6 is 22.9 Å². The van der Waals surface area contributed by atoms with E-state index in [1.807, 2.05) is 7.05 Å². The van der Waals surface area contributed by atoms with Crippen LogP contribution in [0.15, 0.2) is 0 Å². The molecule has 0 fully saturated rings. The molecule has 1 aromatic heterocycles. The molecular weight excluding hydrogens is 202 g/mol. The molecule has 0 bridgehead atoms. The molecule has 0 saturated heterocycles. The van der Waals surface area contributed by atoms with Gasteiger partial charge in [0, 0.05) is 10.9 Å². The number of halogens is 1. The van der Waals surface area contributed by atoms with Crippen molar-refractivity contribution in [2.24, 2.45) is 0 Å². The van der Waals surface area contributed by atoms with E-state index in [2.05, 4.69) is 12.2 Å². The normalized spacial score (nSPS) is 21.6. The van der Waals surface area contributed by atoms with E-state index < -0.39 is 0 Å². The zero-order valence-electron chi connectivity index (χ0n) is 7.98. The van der Waals surface area contributed by atoms with Crippen LogP contribution in [0.1, 0.15) is 22.4 Å². The lowest BCUT2D eigenvalue weighted by Crippen LogP contribution is -2.30. The molecule has 13 heavy (non-hydrogen) atoms. The van der Waals surface area contributed by atoms with Crippen LogP contribution in [0.4, 0.5) is 0 Å². The second-order valence-corrected chi connectivity index (χ2v) is 5.34. The third kappa shape index (κ3) is 1.63. The van der Waals surface area contributed by atoms with Crippen molar-refractivity contribution in [2.45, 2.75) is 32.2 Å². The first-order valence-corrected chi connectivity index (χ1v) is 5.85. The van der Waals surface area contributed by atoms with E-state index in [1.54, 1.807) is 11.3 Å². The molecule has 0 aliphatic heterocycles. The number of rotatable bonds is 1. The maximum absolute atomic E-state index is 6.11. The molecule has 0 aromatic carbocycles. The Balaban J connectivity index is 2.31. The van der Waals surface area contributed by atoms with Gasteiger partial charge in [-0.2, -0.15) is 0 Å². The SMILES string of the molecule is CNC1CCc2c(sc(Cl)c2C)C1. The lowest BCUT2D eigenvalue weighted by atomic mass is 9.93. The Hall–Kier alpha value is -0.0500. The van der Waals surface area contributed by atoms with Crippen LogP contribution in [0, 0.1) is 6.92 Å². The monoisotopic (exact) mass is 215 g/mol. The van der Waals surface area contributed by atoms with Gasteiger partial charge in [0.05, 0.1) is 4.34 Å². The van der Waals surface area contributed by atoms with E-state index in [0.717, 1.165) is 10.8 Å². The van der Waals surface area contributed by atoms with E-state index in [9.17, 15) is 0 Å². The minimum absolute atomic E-state index is 0.654. The summed E-state index contributed by atoms with van der Waals surface area (Å²) in [4.78, 5) is 1.49. The van der Waals surface area contributed by atoms with Crippen LogP contribution in [-0.2, 0) is 12.8 Å². The van der Waals surface area contributed by atoms with Gasteiger partial charge in [0.1, 0.15) is 0 Å². The smallest absolute Gasteiger partial charge is 0.0963 e. The van der Waals surface area contributed by atoms with Gasteiger partial charge in [-0.1, -0.05) is 11.6 Å². The van der Waals surface area contributed by atoms with E-state index in [1.165, 1.54) is 28.8 Å². The van der Waals surface area contributed by atoms with Crippen LogP contribution < -0.4 is 5.32 Å². The Morgan fingerprint density at radius 2 is 2.31 bits per heavy atom. The molecule has 1 heterocycles. The fraction of sp³-hybridized carbons (Fsp3) is 0.600. The summed E-state index contributed by atoms with van der Waals surface area (Å²) in [5.41, 5.74) is 2.83. The van der Waals surface area contributed by atoms with Crippen molar-refractivity contribution in [1.29, 1.82) is 0 Å². The van der Waals surface area contributed by atoms with Gasteiger partial charge in [0.2, 0.25) is 0 Å². The van der Waals surface area contributed by atoms with Crippen molar-refractivity contribution in [3.05, 3.63) is 20.3 Å². The first kappa shape index (κ1) is 9.50. The molecule has 0 saturated carbocycles. The largest absolute Gasteiger partial charge is 0.317 e. The summed E-state index contributed by atoms with van der Waals surface area (Å²) in [5, 5.41) is 3.34. The fourth-order valence-electron chi connectivity index (χ4n) is 1.96. The molecule has 0 radical (unpaired) electrons. The Bertz CT molecular complexity index is 319. The molecule has 3 heteroatoms. The zero-order chi connectivity index (χ0) is 9.42. The maximum atomic E-state index is 6.11.